The molecule has 0 saturated carbocycles. The molecule has 0 unspecified atom stereocenters. The van der Waals surface area contributed by atoms with E-state index >= 15 is 0 Å². The van der Waals surface area contributed by atoms with Crippen molar-refractivity contribution in [2.75, 3.05) is 42.6 Å². The van der Waals surface area contributed by atoms with E-state index in [2.05, 4.69) is 35.0 Å². The molecule has 1 aromatic carbocycles. The molecule has 5 heteroatoms. The van der Waals surface area contributed by atoms with E-state index in [-0.39, 0.29) is 5.91 Å². The maximum Gasteiger partial charge on any atom is 0.262 e. The van der Waals surface area contributed by atoms with E-state index in [4.69, 9.17) is 4.74 Å². The fourth-order valence-corrected chi connectivity index (χ4v) is 3.67. The standard InChI is InChI=1S/C20H23N3O2/c1-15-6-7-18-16(14-15)4-3-9-23(18)20(24)17-5-2-8-21-19(17)22-10-12-25-13-11-22/h2,5-8,14H,3-4,9-13H2,1H3. The molecule has 3 heterocycles. The van der Waals surface area contributed by atoms with E-state index in [1.54, 1.807) is 6.20 Å². The fourth-order valence-electron chi connectivity index (χ4n) is 3.67. The molecule has 2 aliphatic rings. The van der Waals surface area contributed by atoms with Crippen LogP contribution in [0.2, 0.25) is 0 Å². The van der Waals surface area contributed by atoms with Gasteiger partial charge in [0.05, 0.1) is 18.8 Å². The highest BCUT2D eigenvalue weighted by molar-refractivity contribution is 6.09. The summed E-state index contributed by atoms with van der Waals surface area (Å²) in [6.45, 7) is 5.75. The first kappa shape index (κ1) is 16.1. The summed E-state index contributed by atoms with van der Waals surface area (Å²) in [5, 5.41) is 0. The number of morpholine rings is 1. The van der Waals surface area contributed by atoms with Crippen molar-refractivity contribution in [3.63, 3.8) is 0 Å². The Labute approximate surface area is 148 Å². The normalized spacial score (nSPS) is 17.3. The fraction of sp³-hybridized carbons (Fsp3) is 0.400. The highest BCUT2D eigenvalue weighted by Crippen LogP contribution is 2.31. The number of nitrogens with zero attached hydrogens (tertiary/aromatic N) is 3. The average molecular weight is 337 g/mol. The highest BCUT2D eigenvalue weighted by atomic mass is 16.5. The number of fused-ring (bicyclic) bond motifs is 1. The minimum atomic E-state index is 0.0411. The minimum Gasteiger partial charge on any atom is -0.378 e. The first-order chi connectivity index (χ1) is 12.2. The number of rotatable bonds is 2. The van der Waals surface area contributed by atoms with E-state index in [0.717, 1.165) is 44.0 Å². The van der Waals surface area contributed by atoms with Crippen molar-refractivity contribution >= 4 is 17.4 Å². The number of hydrogen-bond donors (Lipinski definition) is 0. The van der Waals surface area contributed by atoms with Crippen LogP contribution in [-0.4, -0.2) is 43.7 Å². The number of ether oxygens (including phenoxy) is 1. The summed E-state index contributed by atoms with van der Waals surface area (Å²) in [7, 11) is 0. The summed E-state index contributed by atoms with van der Waals surface area (Å²) in [6.07, 6.45) is 3.79. The van der Waals surface area contributed by atoms with E-state index < -0.39 is 0 Å². The lowest BCUT2D eigenvalue weighted by Gasteiger charge is -2.32. The predicted molar refractivity (Wildman–Crippen MR) is 98.4 cm³/mol. The maximum atomic E-state index is 13.3. The molecular weight excluding hydrogens is 314 g/mol. The van der Waals surface area contributed by atoms with Gasteiger partial charge in [-0.05, 0) is 43.5 Å². The van der Waals surface area contributed by atoms with Crippen LogP contribution in [-0.2, 0) is 11.2 Å². The monoisotopic (exact) mass is 337 g/mol. The lowest BCUT2D eigenvalue weighted by Crippen LogP contribution is -2.40. The number of benzene rings is 1. The number of aryl methyl sites for hydroxylation is 2. The molecule has 4 rings (SSSR count). The Bertz CT molecular complexity index is 784. The second-order valence-electron chi connectivity index (χ2n) is 6.67. The quantitative estimate of drug-likeness (QED) is 0.845. The van der Waals surface area contributed by atoms with Gasteiger partial charge in [-0.15, -0.1) is 0 Å². The third-order valence-corrected chi connectivity index (χ3v) is 4.93. The van der Waals surface area contributed by atoms with Crippen LogP contribution >= 0.6 is 0 Å². The van der Waals surface area contributed by atoms with Gasteiger partial charge in [-0.3, -0.25) is 4.79 Å². The van der Waals surface area contributed by atoms with Crippen LogP contribution in [0.5, 0.6) is 0 Å². The molecule has 0 N–H and O–H groups in total. The molecule has 0 bridgehead atoms. The van der Waals surface area contributed by atoms with Crippen molar-refractivity contribution in [3.8, 4) is 0 Å². The van der Waals surface area contributed by atoms with E-state index in [0.29, 0.717) is 18.8 Å². The van der Waals surface area contributed by atoms with Gasteiger partial charge in [0.2, 0.25) is 0 Å². The molecule has 2 aromatic rings. The topological polar surface area (TPSA) is 45.7 Å². The molecule has 1 amide bonds. The molecule has 130 valence electrons. The zero-order valence-corrected chi connectivity index (χ0v) is 14.6. The first-order valence-corrected chi connectivity index (χ1v) is 8.93. The van der Waals surface area contributed by atoms with Gasteiger partial charge in [-0.2, -0.15) is 0 Å². The zero-order chi connectivity index (χ0) is 17.2. The summed E-state index contributed by atoms with van der Waals surface area (Å²) in [5.41, 5.74) is 4.22. The van der Waals surface area contributed by atoms with E-state index in [1.807, 2.05) is 17.0 Å². The molecular formula is C20H23N3O2. The summed E-state index contributed by atoms with van der Waals surface area (Å²) < 4.78 is 5.43. The van der Waals surface area contributed by atoms with Crippen LogP contribution in [0.3, 0.4) is 0 Å². The van der Waals surface area contributed by atoms with Crippen LogP contribution in [0.1, 0.15) is 27.9 Å². The van der Waals surface area contributed by atoms with Crippen LogP contribution in [0.4, 0.5) is 11.5 Å². The lowest BCUT2D eigenvalue weighted by atomic mass is 9.99. The lowest BCUT2D eigenvalue weighted by molar-refractivity contribution is 0.0983. The first-order valence-electron chi connectivity index (χ1n) is 8.93. The molecule has 2 aliphatic heterocycles. The Morgan fingerprint density at radius 2 is 2.00 bits per heavy atom. The smallest absolute Gasteiger partial charge is 0.262 e. The van der Waals surface area contributed by atoms with E-state index in [9.17, 15) is 4.79 Å². The van der Waals surface area contributed by atoms with Crippen molar-refractivity contribution in [2.45, 2.75) is 19.8 Å². The van der Waals surface area contributed by atoms with E-state index in [1.165, 1.54) is 11.1 Å². The number of hydrogen-bond acceptors (Lipinski definition) is 4. The molecule has 1 aromatic heterocycles. The van der Waals surface area contributed by atoms with Crippen molar-refractivity contribution in [1.29, 1.82) is 0 Å². The van der Waals surface area contributed by atoms with Gasteiger partial charge in [0.1, 0.15) is 5.82 Å². The van der Waals surface area contributed by atoms with Crippen LogP contribution in [0, 0.1) is 6.92 Å². The SMILES string of the molecule is Cc1ccc2c(c1)CCCN2C(=O)c1cccnc1N1CCOCC1. The Balaban J connectivity index is 1.69. The number of pyridine rings is 1. The number of carbonyl (C=O) groups is 1. The van der Waals surface area contributed by atoms with Gasteiger partial charge in [0.15, 0.2) is 0 Å². The summed E-state index contributed by atoms with van der Waals surface area (Å²) in [5.74, 6) is 0.814. The van der Waals surface area contributed by atoms with Crippen LogP contribution in [0.25, 0.3) is 0 Å². The molecule has 0 aliphatic carbocycles. The summed E-state index contributed by atoms with van der Waals surface area (Å²) >= 11 is 0. The Morgan fingerprint density at radius 1 is 1.16 bits per heavy atom. The molecule has 0 spiro atoms. The molecule has 25 heavy (non-hydrogen) atoms. The van der Waals surface area contributed by atoms with Crippen LogP contribution in [0.15, 0.2) is 36.5 Å². The van der Waals surface area contributed by atoms with Crippen molar-refractivity contribution < 1.29 is 9.53 Å². The zero-order valence-electron chi connectivity index (χ0n) is 14.6. The summed E-state index contributed by atoms with van der Waals surface area (Å²) in [4.78, 5) is 21.9. The van der Waals surface area contributed by atoms with Gasteiger partial charge in [-0.25, -0.2) is 4.98 Å². The van der Waals surface area contributed by atoms with Gasteiger partial charge in [0, 0.05) is 31.5 Å². The average Bonchev–Trinajstić information content (AvgIpc) is 2.67. The van der Waals surface area contributed by atoms with Crippen LogP contribution < -0.4 is 9.80 Å². The number of aromatic nitrogens is 1. The number of carbonyl (C=O) groups excluding carboxylic acids is 1. The van der Waals surface area contributed by atoms with Crippen molar-refractivity contribution in [1.82, 2.24) is 4.98 Å². The molecule has 0 radical (unpaired) electrons. The Hall–Kier alpha value is -2.40. The van der Waals surface area contributed by atoms with Gasteiger partial charge >= 0.3 is 0 Å². The van der Waals surface area contributed by atoms with Crippen molar-refractivity contribution in [3.05, 3.63) is 53.2 Å². The number of anilines is 2. The molecule has 1 saturated heterocycles. The molecule has 0 atom stereocenters. The second-order valence-corrected chi connectivity index (χ2v) is 6.67. The maximum absolute atomic E-state index is 13.3. The second kappa shape index (κ2) is 6.84. The third kappa shape index (κ3) is 3.12. The van der Waals surface area contributed by atoms with Gasteiger partial charge in [-0.1, -0.05) is 17.7 Å². The van der Waals surface area contributed by atoms with Crippen molar-refractivity contribution in [2.24, 2.45) is 0 Å². The highest BCUT2D eigenvalue weighted by Gasteiger charge is 2.27. The molecule has 5 nitrogen and oxygen atoms in total. The summed E-state index contributed by atoms with van der Waals surface area (Å²) in [6, 6.07) is 10.1. The third-order valence-electron chi connectivity index (χ3n) is 4.93. The largest absolute Gasteiger partial charge is 0.378 e. The van der Waals surface area contributed by atoms with Gasteiger partial charge < -0.3 is 14.5 Å². The Kier molecular flexibility index (Phi) is 4.40. The molecule has 1 fully saturated rings. The van der Waals surface area contributed by atoms with Gasteiger partial charge in [0.25, 0.3) is 5.91 Å². The Morgan fingerprint density at radius 3 is 2.84 bits per heavy atom. The number of amides is 1. The minimum absolute atomic E-state index is 0.0411. The predicted octanol–water partition coefficient (Wildman–Crippen LogP) is 2.82.